The molecule has 0 amide bonds. The Morgan fingerprint density at radius 2 is 2.07 bits per heavy atom. The Morgan fingerprint density at radius 1 is 1.27 bits per heavy atom. The van der Waals surface area contributed by atoms with Gasteiger partial charge in [-0.05, 0) is 17.6 Å². The monoisotopic (exact) mass is 200 g/mol. The lowest BCUT2D eigenvalue weighted by Crippen LogP contribution is -2.01. The van der Waals surface area contributed by atoms with Gasteiger partial charge in [0.2, 0.25) is 0 Å². The first-order valence-corrected chi connectivity index (χ1v) is 5.38. The third kappa shape index (κ3) is 2.98. The molecule has 0 N–H and O–H groups in total. The van der Waals surface area contributed by atoms with Crippen molar-refractivity contribution in [1.29, 1.82) is 0 Å². The van der Waals surface area contributed by atoms with Crippen LogP contribution in [-0.4, -0.2) is 0 Å². The van der Waals surface area contributed by atoms with Gasteiger partial charge in [-0.15, -0.1) is 0 Å². The Morgan fingerprint density at radius 3 is 2.80 bits per heavy atom. The van der Waals surface area contributed by atoms with E-state index in [-0.39, 0.29) is 0 Å². The molecule has 1 unspecified atom stereocenters. The molecular weight excluding hydrogens is 184 g/mol. The summed E-state index contributed by atoms with van der Waals surface area (Å²) >= 11 is 0. The molecule has 0 fully saturated rings. The molecule has 0 radical (unpaired) electrons. The minimum atomic E-state index is 0.598. The van der Waals surface area contributed by atoms with E-state index in [2.05, 4.69) is 37.3 Å². The van der Waals surface area contributed by atoms with E-state index in [1.165, 1.54) is 5.56 Å². The lowest BCUT2D eigenvalue weighted by Gasteiger charge is -2.15. The van der Waals surface area contributed by atoms with Crippen molar-refractivity contribution in [2.45, 2.75) is 20.0 Å². The van der Waals surface area contributed by atoms with Crippen LogP contribution in [0.1, 0.15) is 18.9 Å². The summed E-state index contributed by atoms with van der Waals surface area (Å²) in [5, 5.41) is 0. The fourth-order valence-corrected chi connectivity index (χ4v) is 1.66. The first-order valence-electron chi connectivity index (χ1n) is 5.38. The molecule has 0 aromatic heterocycles. The van der Waals surface area contributed by atoms with Gasteiger partial charge in [0.25, 0.3) is 0 Å². The maximum absolute atomic E-state index is 5.75. The summed E-state index contributed by atoms with van der Waals surface area (Å²) in [4.78, 5) is 0. The number of rotatable bonds is 3. The van der Waals surface area contributed by atoms with E-state index in [0.717, 1.165) is 12.2 Å². The molecule has 1 aromatic rings. The number of hydrogen-bond acceptors (Lipinski definition) is 1. The lowest BCUT2D eigenvalue weighted by molar-refractivity contribution is 0.183. The second kappa shape index (κ2) is 4.83. The van der Waals surface area contributed by atoms with Crippen molar-refractivity contribution in [1.82, 2.24) is 0 Å². The SMILES string of the molecule is CC1C=CC=C(OCc2ccccc2)C1. The fourth-order valence-electron chi connectivity index (χ4n) is 1.66. The van der Waals surface area contributed by atoms with Crippen LogP contribution in [0.5, 0.6) is 0 Å². The largest absolute Gasteiger partial charge is 0.493 e. The highest BCUT2D eigenvalue weighted by molar-refractivity contribution is 5.17. The van der Waals surface area contributed by atoms with Gasteiger partial charge in [0, 0.05) is 6.42 Å². The predicted octanol–water partition coefficient (Wildman–Crippen LogP) is 3.68. The van der Waals surface area contributed by atoms with Crippen molar-refractivity contribution < 1.29 is 4.74 Å². The summed E-state index contributed by atoms with van der Waals surface area (Å²) in [5.74, 6) is 1.69. The van der Waals surface area contributed by atoms with E-state index >= 15 is 0 Å². The zero-order chi connectivity index (χ0) is 10.5. The van der Waals surface area contributed by atoms with E-state index in [1.54, 1.807) is 0 Å². The van der Waals surface area contributed by atoms with Crippen LogP contribution < -0.4 is 0 Å². The molecule has 1 aliphatic carbocycles. The van der Waals surface area contributed by atoms with Gasteiger partial charge in [0.05, 0.1) is 5.76 Å². The number of benzene rings is 1. The maximum Gasteiger partial charge on any atom is 0.113 e. The van der Waals surface area contributed by atoms with Gasteiger partial charge in [-0.2, -0.15) is 0 Å². The topological polar surface area (TPSA) is 9.23 Å². The third-order valence-electron chi connectivity index (χ3n) is 2.51. The van der Waals surface area contributed by atoms with Crippen molar-refractivity contribution in [2.75, 3.05) is 0 Å². The summed E-state index contributed by atoms with van der Waals surface area (Å²) in [7, 11) is 0. The van der Waals surface area contributed by atoms with E-state index < -0.39 is 0 Å². The lowest BCUT2D eigenvalue weighted by atomic mass is 10.0. The average Bonchev–Trinajstić information content (AvgIpc) is 2.28. The van der Waals surface area contributed by atoms with Crippen molar-refractivity contribution in [3.63, 3.8) is 0 Å². The van der Waals surface area contributed by atoms with Gasteiger partial charge in [-0.25, -0.2) is 0 Å². The highest BCUT2D eigenvalue weighted by atomic mass is 16.5. The molecular formula is C14H16O. The third-order valence-corrected chi connectivity index (χ3v) is 2.51. The summed E-state index contributed by atoms with van der Waals surface area (Å²) in [5.41, 5.74) is 1.22. The van der Waals surface area contributed by atoms with Crippen LogP contribution in [0.2, 0.25) is 0 Å². The predicted molar refractivity (Wildman–Crippen MR) is 62.2 cm³/mol. The maximum atomic E-state index is 5.75. The molecule has 15 heavy (non-hydrogen) atoms. The Kier molecular flexibility index (Phi) is 3.23. The summed E-state index contributed by atoms with van der Waals surface area (Å²) in [6.07, 6.45) is 7.36. The van der Waals surface area contributed by atoms with E-state index in [1.807, 2.05) is 18.2 Å². The molecule has 1 heteroatoms. The first kappa shape index (κ1) is 10.0. The van der Waals surface area contributed by atoms with Gasteiger partial charge in [-0.3, -0.25) is 0 Å². The second-order valence-electron chi connectivity index (χ2n) is 3.97. The van der Waals surface area contributed by atoms with Crippen LogP contribution in [0.4, 0.5) is 0 Å². The van der Waals surface area contributed by atoms with Gasteiger partial charge in [-0.1, -0.05) is 49.4 Å². The van der Waals surface area contributed by atoms with E-state index in [4.69, 9.17) is 4.74 Å². The molecule has 0 bridgehead atoms. The van der Waals surface area contributed by atoms with E-state index in [9.17, 15) is 0 Å². The summed E-state index contributed by atoms with van der Waals surface area (Å²) < 4.78 is 5.75. The molecule has 1 nitrogen and oxygen atoms in total. The van der Waals surface area contributed by atoms with Crippen LogP contribution in [0.25, 0.3) is 0 Å². The molecule has 2 rings (SSSR count). The molecule has 0 heterocycles. The smallest absolute Gasteiger partial charge is 0.113 e. The van der Waals surface area contributed by atoms with Gasteiger partial charge >= 0.3 is 0 Å². The zero-order valence-corrected chi connectivity index (χ0v) is 9.02. The van der Waals surface area contributed by atoms with Crippen molar-refractivity contribution in [3.8, 4) is 0 Å². The zero-order valence-electron chi connectivity index (χ0n) is 9.02. The van der Waals surface area contributed by atoms with Crippen molar-refractivity contribution >= 4 is 0 Å². The van der Waals surface area contributed by atoms with Crippen molar-refractivity contribution in [3.05, 3.63) is 59.9 Å². The van der Waals surface area contributed by atoms with Gasteiger partial charge < -0.3 is 4.74 Å². The molecule has 1 aliphatic rings. The molecule has 0 saturated carbocycles. The molecule has 0 saturated heterocycles. The molecule has 1 aromatic carbocycles. The van der Waals surface area contributed by atoms with Crippen molar-refractivity contribution in [2.24, 2.45) is 5.92 Å². The van der Waals surface area contributed by atoms with Crippen LogP contribution in [0, 0.1) is 5.92 Å². The van der Waals surface area contributed by atoms with E-state index in [0.29, 0.717) is 12.5 Å². The number of ether oxygens (including phenoxy) is 1. The second-order valence-corrected chi connectivity index (χ2v) is 3.97. The fraction of sp³-hybridized carbons (Fsp3) is 0.286. The van der Waals surface area contributed by atoms with Crippen LogP contribution in [-0.2, 0) is 11.3 Å². The van der Waals surface area contributed by atoms with Gasteiger partial charge in [0.1, 0.15) is 6.61 Å². The minimum Gasteiger partial charge on any atom is -0.493 e. The summed E-state index contributed by atoms with van der Waals surface area (Å²) in [6.45, 7) is 2.88. The van der Waals surface area contributed by atoms with Gasteiger partial charge in [0.15, 0.2) is 0 Å². The highest BCUT2D eigenvalue weighted by Gasteiger charge is 2.07. The van der Waals surface area contributed by atoms with Crippen LogP contribution in [0.3, 0.4) is 0 Å². The van der Waals surface area contributed by atoms with Crippen LogP contribution >= 0.6 is 0 Å². The molecule has 1 atom stereocenters. The molecule has 0 spiro atoms. The Labute approximate surface area is 91.1 Å². The molecule has 78 valence electrons. The summed E-state index contributed by atoms with van der Waals surface area (Å²) in [6, 6.07) is 10.3. The Bertz CT molecular complexity index is 362. The minimum absolute atomic E-state index is 0.598. The standard InChI is InChI=1S/C14H16O/c1-12-6-5-9-14(10-12)15-11-13-7-3-2-4-8-13/h2-9,12H,10-11H2,1H3. The number of hydrogen-bond donors (Lipinski definition) is 0. The first-order chi connectivity index (χ1) is 7.34. The average molecular weight is 200 g/mol. The number of allylic oxidation sites excluding steroid dienone is 4. The Hall–Kier alpha value is -1.50. The quantitative estimate of drug-likeness (QED) is 0.723. The normalized spacial score (nSPS) is 19.8. The Balaban J connectivity index is 1.89. The highest BCUT2D eigenvalue weighted by Crippen LogP contribution is 2.19. The van der Waals surface area contributed by atoms with Crippen LogP contribution in [0.15, 0.2) is 54.3 Å². The molecule has 0 aliphatic heterocycles.